The van der Waals surface area contributed by atoms with Crippen LogP contribution in [0.25, 0.3) is 0 Å². The number of thiol groups is 1. The Bertz CT molecular complexity index is 907. The van der Waals surface area contributed by atoms with Gasteiger partial charge in [0.25, 0.3) is 0 Å². The summed E-state index contributed by atoms with van der Waals surface area (Å²) in [6, 6.07) is 7.70. The zero-order chi connectivity index (χ0) is 18.0. The first-order valence-corrected chi connectivity index (χ1v) is 7.99. The van der Waals surface area contributed by atoms with Crippen molar-refractivity contribution in [1.29, 1.82) is 0 Å². The number of carbonyl (C=O) groups is 1. The van der Waals surface area contributed by atoms with Crippen LogP contribution < -0.4 is 9.73 Å². The molecule has 1 aromatic carbocycles. The second kappa shape index (κ2) is 6.75. The van der Waals surface area contributed by atoms with Gasteiger partial charge in [-0.05, 0) is 19.1 Å². The molecule has 128 valence electrons. The number of carboxylic acids is 1. The fourth-order valence-electron chi connectivity index (χ4n) is 2.25. The lowest BCUT2D eigenvalue weighted by atomic mass is 10.2. The number of aromatic carboxylic acids is 1. The zero-order valence-electron chi connectivity index (χ0n) is 13.0. The second-order valence-electron chi connectivity index (χ2n) is 5.19. The Balaban J connectivity index is 2.53. The zero-order valence-corrected chi connectivity index (χ0v) is 13.9. The van der Waals surface area contributed by atoms with Gasteiger partial charge in [-0.3, -0.25) is 9.10 Å². The summed E-state index contributed by atoms with van der Waals surface area (Å²) in [6.07, 6.45) is 0. The summed E-state index contributed by atoms with van der Waals surface area (Å²) in [4.78, 5) is 23.0. The van der Waals surface area contributed by atoms with Gasteiger partial charge in [0.05, 0.1) is 12.2 Å². The molecule has 0 aliphatic heterocycles. The highest BCUT2D eigenvalue weighted by Crippen LogP contribution is 2.20. The van der Waals surface area contributed by atoms with Crippen LogP contribution in [0.1, 0.15) is 21.7 Å². The average Bonchev–Trinajstić information content (AvgIpc) is 2.50. The van der Waals surface area contributed by atoms with Crippen LogP contribution in [0.2, 0.25) is 0 Å². The molecule has 0 atom stereocenters. The molecule has 24 heavy (non-hydrogen) atoms. The van der Waals surface area contributed by atoms with Gasteiger partial charge in [0, 0.05) is 18.8 Å². The van der Waals surface area contributed by atoms with Crippen LogP contribution >= 0.6 is 0 Å². The van der Waals surface area contributed by atoms with E-state index in [1.807, 2.05) is 6.92 Å². The lowest BCUT2D eigenvalue weighted by molar-refractivity contribution is 0.0681. The highest BCUT2D eigenvalue weighted by molar-refractivity contribution is 7.74. The Hall–Kier alpha value is -2.81. The van der Waals surface area contributed by atoms with E-state index in [0.29, 0.717) is 5.69 Å². The number of aromatic hydroxyl groups is 1. The minimum atomic E-state index is -3.02. The van der Waals surface area contributed by atoms with Crippen molar-refractivity contribution in [2.24, 2.45) is 7.05 Å². The van der Waals surface area contributed by atoms with Crippen LogP contribution in [-0.2, 0) is 24.5 Å². The Morgan fingerprint density at radius 3 is 2.33 bits per heavy atom. The van der Waals surface area contributed by atoms with E-state index in [2.05, 4.69) is 0 Å². The smallest absolute Gasteiger partial charge is 0.356 e. The minimum absolute atomic E-state index is 0.134. The number of pyridine rings is 1. The molecular formula is C15H16N2O6S. The number of benzene rings is 1. The van der Waals surface area contributed by atoms with E-state index in [1.165, 1.54) is 7.05 Å². The van der Waals surface area contributed by atoms with Crippen molar-refractivity contribution in [2.45, 2.75) is 13.5 Å². The number of rotatable bonds is 5. The van der Waals surface area contributed by atoms with E-state index in [-0.39, 0.29) is 12.2 Å². The first kappa shape index (κ1) is 17.5. The summed E-state index contributed by atoms with van der Waals surface area (Å²) in [5.74, 6) is -2.37. The quantitative estimate of drug-likeness (QED) is 0.680. The fourth-order valence-corrected chi connectivity index (χ4v) is 2.83. The maximum Gasteiger partial charge on any atom is 0.356 e. The monoisotopic (exact) mass is 352 g/mol. The van der Waals surface area contributed by atoms with E-state index >= 15 is 0 Å². The van der Waals surface area contributed by atoms with Gasteiger partial charge >= 0.3 is 5.97 Å². The average molecular weight is 352 g/mol. The van der Waals surface area contributed by atoms with Gasteiger partial charge in [0.15, 0.2) is 11.4 Å². The van der Waals surface area contributed by atoms with E-state index in [4.69, 9.17) is 5.11 Å². The molecule has 0 aliphatic rings. The highest BCUT2D eigenvalue weighted by Gasteiger charge is 2.20. The van der Waals surface area contributed by atoms with Gasteiger partial charge in [-0.15, -0.1) is 0 Å². The van der Waals surface area contributed by atoms with Crippen molar-refractivity contribution in [2.75, 3.05) is 4.31 Å². The molecular weight excluding hydrogens is 336 g/mol. The molecule has 0 aliphatic carbocycles. The predicted molar refractivity (Wildman–Crippen MR) is 88.0 cm³/mol. The van der Waals surface area contributed by atoms with Gasteiger partial charge in [0.1, 0.15) is 0 Å². The van der Waals surface area contributed by atoms with Gasteiger partial charge in [0.2, 0.25) is 16.3 Å². The van der Waals surface area contributed by atoms with Crippen LogP contribution in [-0.4, -0.2) is 29.2 Å². The van der Waals surface area contributed by atoms with Crippen LogP contribution in [0.3, 0.4) is 0 Å². The first-order valence-electron chi connectivity index (χ1n) is 6.86. The van der Waals surface area contributed by atoms with Crippen molar-refractivity contribution < 1.29 is 23.4 Å². The molecule has 0 unspecified atom stereocenters. The van der Waals surface area contributed by atoms with E-state index < -0.39 is 33.7 Å². The third-order valence-electron chi connectivity index (χ3n) is 3.57. The molecule has 0 bridgehead atoms. The lowest BCUT2D eigenvalue weighted by Gasteiger charge is -2.20. The normalized spacial score (nSPS) is 10.8. The third kappa shape index (κ3) is 3.40. The number of aryl methyl sites for hydroxylation is 1. The van der Waals surface area contributed by atoms with Crippen LogP contribution in [0.5, 0.6) is 5.75 Å². The van der Waals surface area contributed by atoms with E-state index in [0.717, 1.165) is 20.5 Å². The topological polar surface area (TPSA) is 117 Å². The molecule has 2 aromatic rings. The maximum atomic E-state index is 11.8. The molecule has 0 radical (unpaired) electrons. The van der Waals surface area contributed by atoms with Crippen molar-refractivity contribution in [1.82, 2.24) is 4.57 Å². The number of nitrogens with zero attached hydrogens (tertiary/aromatic N) is 2. The highest BCUT2D eigenvalue weighted by atomic mass is 32.2. The van der Waals surface area contributed by atoms with E-state index in [1.54, 1.807) is 24.3 Å². The minimum Gasteiger partial charge on any atom is -0.502 e. The summed E-state index contributed by atoms with van der Waals surface area (Å²) >= 11 is 0. The van der Waals surface area contributed by atoms with Gasteiger partial charge < -0.3 is 14.8 Å². The maximum absolute atomic E-state index is 11.8. The van der Waals surface area contributed by atoms with Crippen LogP contribution in [0.15, 0.2) is 35.1 Å². The summed E-state index contributed by atoms with van der Waals surface area (Å²) in [5, 5.41) is 18.8. The van der Waals surface area contributed by atoms with Crippen molar-refractivity contribution in [3.8, 4) is 5.75 Å². The summed E-state index contributed by atoms with van der Waals surface area (Å²) in [6.45, 7) is 1.61. The van der Waals surface area contributed by atoms with Crippen LogP contribution in [0, 0.1) is 6.92 Å². The molecule has 1 heterocycles. The number of aromatic nitrogens is 1. The van der Waals surface area contributed by atoms with Crippen molar-refractivity contribution in [3.63, 3.8) is 0 Å². The standard InChI is InChI=1S/C15H16N2O6S/c1-9-3-5-10(6-4-9)17(24(22)23)8-11-7-12(18)14(19)13(15(20)21)16(11)2/h3-7,19,24H,8H2,1-2H3,(H,20,21). The summed E-state index contributed by atoms with van der Waals surface area (Å²) < 4.78 is 25.3. The Morgan fingerprint density at radius 1 is 1.25 bits per heavy atom. The Morgan fingerprint density at radius 2 is 1.83 bits per heavy atom. The number of hydrogen-bond donors (Lipinski definition) is 3. The molecule has 1 aromatic heterocycles. The lowest BCUT2D eigenvalue weighted by Crippen LogP contribution is -2.26. The van der Waals surface area contributed by atoms with Crippen molar-refractivity contribution in [3.05, 3.63) is 57.5 Å². The second-order valence-corrected chi connectivity index (χ2v) is 6.15. The van der Waals surface area contributed by atoms with Crippen LogP contribution in [0.4, 0.5) is 5.69 Å². The summed E-state index contributed by atoms with van der Waals surface area (Å²) in [5.41, 5.74) is -0.0120. The molecule has 0 amide bonds. The molecule has 2 N–H and O–H groups in total. The van der Waals surface area contributed by atoms with Crippen molar-refractivity contribution >= 4 is 22.5 Å². The third-order valence-corrected chi connectivity index (χ3v) is 4.33. The molecule has 0 saturated heterocycles. The molecule has 9 heteroatoms. The molecule has 2 rings (SSSR count). The fraction of sp³-hybridized carbons (Fsp3) is 0.200. The largest absolute Gasteiger partial charge is 0.502 e. The van der Waals surface area contributed by atoms with Gasteiger partial charge in [-0.1, -0.05) is 17.7 Å². The van der Waals surface area contributed by atoms with Gasteiger partial charge in [-0.2, -0.15) is 0 Å². The number of anilines is 1. The summed E-state index contributed by atoms with van der Waals surface area (Å²) in [7, 11) is -1.68. The first-order chi connectivity index (χ1) is 11.2. The van der Waals surface area contributed by atoms with Gasteiger partial charge in [-0.25, -0.2) is 13.2 Å². The predicted octanol–water partition coefficient (Wildman–Crippen LogP) is 0.631. The van der Waals surface area contributed by atoms with E-state index in [9.17, 15) is 23.1 Å². The molecule has 0 fully saturated rings. The molecule has 0 spiro atoms. The molecule has 8 nitrogen and oxygen atoms in total. The number of hydrogen-bond acceptors (Lipinski definition) is 5. The number of carboxylic acid groups (broad SMARTS) is 1. The Kier molecular flexibility index (Phi) is 4.93. The SMILES string of the molecule is Cc1ccc(N(Cc2cc(=O)c(O)c(C(=O)O)n2C)[SH](=O)=O)cc1. The Labute approximate surface area is 139 Å². The molecule has 0 saturated carbocycles.